The molecule has 102 valence electrons. The van der Waals surface area contributed by atoms with Gasteiger partial charge in [-0.15, -0.1) is 0 Å². The number of ether oxygens (including phenoxy) is 1. The molecule has 0 aromatic heterocycles. The number of benzene rings is 1. The molecule has 0 aliphatic heterocycles. The SMILES string of the molecule is COCCNc1ccc(F)cc1N=C(NC#N)SC. The second kappa shape index (κ2) is 8.34. The summed E-state index contributed by atoms with van der Waals surface area (Å²) < 4.78 is 18.2. The molecular weight excluding hydrogens is 267 g/mol. The normalized spacial score (nSPS) is 10.9. The van der Waals surface area contributed by atoms with Crippen LogP contribution < -0.4 is 10.6 Å². The van der Waals surface area contributed by atoms with Crippen LogP contribution in [0.4, 0.5) is 15.8 Å². The van der Waals surface area contributed by atoms with Gasteiger partial charge < -0.3 is 10.1 Å². The zero-order valence-corrected chi connectivity index (χ0v) is 11.6. The van der Waals surface area contributed by atoms with E-state index in [9.17, 15) is 4.39 Å². The van der Waals surface area contributed by atoms with Crippen LogP contribution in [0.5, 0.6) is 0 Å². The van der Waals surface area contributed by atoms with Gasteiger partial charge >= 0.3 is 0 Å². The van der Waals surface area contributed by atoms with E-state index in [0.29, 0.717) is 29.7 Å². The van der Waals surface area contributed by atoms with Crippen LogP contribution in [0.3, 0.4) is 0 Å². The number of aliphatic imine (C=N–C) groups is 1. The molecule has 1 aromatic carbocycles. The highest BCUT2D eigenvalue weighted by molar-refractivity contribution is 8.13. The first-order valence-corrected chi connectivity index (χ1v) is 6.74. The molecule has 7 heteroatoms. The minimum Gasteiger partial charge on any atom is -0.383 e. The Labute approximate surface area is 115 Å². The Hall–Kier alpha value is -1.78. The van der Waals surface area contributed by atoms with Gasteiger partial charge in [0.15, 0.2) is 11.4 Å². The van der Waals surface area contributed by atoms with Gasteiger partial charge in [-0.3, -0.25) is 5.32 Å². The third-order valence-corrected chi connectivity index (χ3v) is 2.74. The van der Waals surface area contributed by atoms with Crippen LogP contribution in [0.1, 0.15) is 0 Å². The molecule has 0 fully saturated rings. The molecule has 2 N–H and O–H groups in total. The summed E-state index contributed by atoms with van der Waals surface area (Å²) in [6.45, 7) is 1.12. The number of halogens is 1. The smallest absolute Gasteiger partial charge is 0.183 e. The average molecular weight is 282 g/mol. The summed E-state index contributed by atoms with van der Waals surface area (Å²) in [5, 5.41) is 14.5. The first kappa shape index (κ1) is 15.3. The van der Waals surface area contributed by atoms with Gasteiger partial charge in [-0.25, -0.2) is 9.38 Å². The van der Waals surface area contributed by atoms with Crippen LogP contribution in [0.15, 0.2) is 23.2 Å². The van der Waals surface area contributed by atoms with Gasteiger partial charge in [0, 0.05) is 19.7 Å². The van der Waals surface area contributed by atoms with E-state index in [2.05, 4.69) is 15.6 Å². The summed E-state index contributed by atoms with van der Waals surface area (Å²) in [6.07, 6.45) is 3.57. The molecule has 19 heavy (non-hydrogen) atoms. The minimum atomic E-state index is -0.381. The standard InChI is InChI=1S/C12H15FN4OS/c1-18-6-5-15-10-4-3-9(13)7-11(10)17-12(19-2)16-8-14/h3-4,7,15H,5-6H2,1-2H3,(H,16,17). The number of nitrogens with zero attached hydrogens (tertiary/aromatic N) is 2. The fraction of sp³-hybridized carbons (Fsp3) is 0.333. The van der Waals surface area contributed by atoms with E-state index in [1.165, 1.54) is 23.9 Å². The number of anilines is 1. The molecule has 0 saturated carbocycles. The summed E-state index contributed by atoms with van der Waals surface area (Å²) >= 11 is 1.27. The zero-order valence-electron chi connectivity index (χ0n) is 10.7. The van der Waals surface area contributed by atoms with E-state index in [4.69, 9.17) is 10.00 Å². The molecule has 0 aliphatic carbocycles. The van der Waals surface area contributed by atoms with Crippen molar-refractivity contribution in [3.05, 3.63) is 24.0 Å². The lowest BCUT2D eigenvalue weighted by atomic mass is 10.2. The molecule has 0 aliphatic rings. The number of methoxy groups -OCH3 is 1. The summed E-state index contributed by atoms with van der Waals surface area (Å²) in [7, 11) is 1.61. The third kappa shape index (κ3) is 5.16. The molecular formula is C12H15FN4OS. The molecule has 0 bridgehead atoms. The van der Waals surface area contributed by atoms with Gasteiger partial charge in [-0.2, -0.15) is 5.26 Å². The summed E-state index contributed by atoms with van der Waals surface area (Å²) in [6, 6.07) is 4.27. The number of amidine groups is 1. The lowest BCUT2D eigenvalue weighted by Gasteiger charge is -2.09. The molecule has 0 unspecified atom stereocenters. The highest BCUT2D eigenvalue weighted by atomic mass is 32.2. The first-order chi connectivity index (χ1) is 9.21. The van der Waals surface area contributed by atoms with Crippen molar-refractivity contribution in [2.24, 2.45) is 4.99 Å². The van der Waals surface area contributed by atoms with Crippen molar-refractivity contribution in [2.45, 2.75) is 0 Å². The fourth-order valence-corrected chi connectivity index (χ4v) is 1.65. The highest BCUT2D eigenvalue weighted by Gasteiger charge is 2.05. The van der Waals surface area contributed by atoms with Crippen LogP contribution in [-0.2, 0) is 4.74 Å². The second-order valence-corrected chi connectivity index (χ2v) is 4.23. The van der Waals surface area contributed by atoms with E-state index in [-0.39, 0.29) is 5.82 Å². The number of hydrogen-bond acceptors (Lipinski definition) is 5. The Morgan fingerprint density at radius 2 is 2.37 bits per heavy atom. The maximum Gasteiger partial charge on any atom is 0.183 e. The van der Waals surface area contributed by atoms with E-state index in [1.807, 2.05) is 0 Å². The monoisotopic (exact) mass is 282 g/mol. The largest absolute Gasteiger partial charge is 0.383 e. The van der Waals surface area contributed by atoms with Crippen LogP contribution in [0.25, 0.3) is 0 Å². The third-order valence-electron chi connectivity index (χ3n) is 2.16. The van der Waals surface area contributed by atoms with E-state index < -0.39 is 0 Å². The lowest BCUT2D eigenvalue weighted by molar-refractivity contribution is 0.211. The van der Waals surface area contributed by atoms with Crippen molar-refractivity contribution in [3.8, 4) is 6.19 Å². The maximum absolute atomic E-state index is 13.3. The van der Waals surface area contributed by atoms with Gasteiger partial charge in [0.1, 0.15) is 5.82 Å². The topological polar surface area (TPSA) is 69.4 Å². The van der Waals surface area contributed by atoms with Gasteiger partial charge in [0.2, 0.25) is 0 Å². The van der Waals surface area contributed by atoms with E-state index >= 15 is 0 Å². The number of thioether (sulfide) groups is 1. The zero-order chi connectivity index (χ0) is 14.1. The van der Waals surface area contributed by atoms with Gasteiger partial charge in [0.05, 0.1) is 18.0 Å². The average Bonchev–Trinajstić information content (AvgIpc) is 2.41. The van der Waals surface area contributed by atoms with E-state index in [1.54, 1.807) is 25.6 Å². The fourth-order valence-electron chi connectivity index (χ4n) is 1.32. The maximum atomic E-state index is 13.3. The quantitative estimate of drug-likeness (QED) is 0.285. The summed E-state index contributed by atoms with van der Waals surface area (Å²) in [5.41, 5.74) is 1.12. The van der Waals surface area contributed by atoms with Crippen molar-refractivity contribution in [2.75, 3.05) is 31.8 Å². The number of hydrogen-bond donors (Lipinski definition) is 2. The van der Waals surface area contributed by atoms with E-state index in [0.717, 1.165) is 0 Å². The van der Waals surface area contributed by atoms with Crippen molar-refractivity contribution >= 4 is 28.3 Å². The highest BCUT2D eigenvalue weighted by Crippen LogP contribution is 2.26. The Balaban J connectivity index is 2.96. The molecule has 5 nitrogen and oxygen atoms in total. The van der Waals surface area contributed by atoms with Crippen molar-refractivity contribution < 1.29 is 9.13 Å². The number of rotatable bonds is 5. The Morgan fingerprint density at radius 1 is 1.58 bits per heavy atom. The Bertz CT molecular complexity index is 487. The predicted octanol–water partition coefficient (Wildman–Crippen LogP) is 2.31. The lowest BCUT2D eigenvalue weighted by Crippen LogP contribution is -2.13. The van der Waals surface area contributed by atoms with Crippen molar-refractivity contribution in [1.82, 2.24) is 5.32 Å². The molecule has 1 rings (SSSR count). The Kier molecular flexibility index (Phi) is 6.71. The first-order valence-electron chi connectivity index (χ1n) is 5.51. The molecule has 0 spiro atoms. The van der Waals surface area contributed by atoms with Gasteiger partial charge in [-0.1, -0.05) is 11.8 Å². The van der Waals surface area contributed by atoms with Crippen LogP contribution in [-0.4, -0.2) is 31.7 Å². The summed E-state index contributed by atoms with van der Waals surface area (Å²) in [5.74, 6) is -0.381. The van der Waals surface area contributed by atoms with Gasteiger partial charge in [-0.05, 0) is 18.4 Å². The number of nitriles is 1. The molecule has 1 aromatic rings. The predicted molar refractivity (Wildman–Crippen MR) is 76.1 cm³/mol. The summed E-state index contributed by atoms with van der Waals surface area (Å²) in [4.78, 5) is 4.21. The van der Waals surface area contributed by atoms with Crippen LogP contribution in [0.2, 0.25) is 0 Å². The second-order valence-electron chi connectivity index (χ2n) is 3.44. The molecule has 0 atom stereocenters. The molecule has 0 saturated heterocycles. The molecule has 0 heterocycles. The molecule has 0 radical (unpaired) electrons. The van der Waals surface area contributed by atoms with Crippen LogP contribution in [0, 0.1) is 17.3 Å². The number of nitrogens with one attached hydrogen (secondary N) is 2. The minimum absolute atomic E-state index is 0.381. The van der Waals surface area contributed by atoms with Crippen molar-refractivity contribution in [1.29, 1.82) is 5.26 Å². The Morgan fingerprint density at radius 3 is 3.00 bits per heavy atom. The van der Waals surface area contributed by atoms with Crippen molar-refractivity contribution in [3.63, 3.8) is 0 Å². The molecule has 0 amide bonds. The van der Waals surface area contributed by atoms with Crippen LogP contribution >= 0.6 is 11.8 Å². The van der Waals surface area contributed by atoms with Gasteiger partial charge in [0.25, 0.3) is 0 Å².